The highest BCUT2D eigenvalue weighted by Gasteiger charge is 2.31. The van der Waals surface area contributed by atoms with Gasteiger partial charge in [-0.15, -0.1) is 0 Å². The normalized spacial score (nSPS) is 39.7. The Hall–Kier alpha value is -0.120. The van der Waals surface area contributed by atoms with E-state index < -0.39 is 0 Å². The molecule has 2 aliphatic rings. The monoisotopic (exact) mass is 240 g/mol. The van der Waals surface area contributed by atoms with Crippen LogP contribution >= 0.6 is 0 Å². The molecule has 17 heavy (non-hydrogen) atoms. The van der Waals surface area contributed by atoms with Crippen LogP contribution < -0.4 is 5.73 Å². The highest BCUT2D eigenvalue weighted by molar-refractivity contribution is 4.84. The van der Waals surface area contributed by atoms with Crippen molar-refractivity contribution in [1.29, 1.82) is 0 Å². The molecule has 1 aliphatic heterocycles. The Labute approximate surface area is 106 Å². The summed E-state index contributed by atoms with van der Waals surface area (Å²) in [6, 6.07) is 0. The number of ether oxygens (including phenoxy) is 1. The standard InChI is InChI=1S/C14H28N2O/c1-11-6-7-16(10-14(11)17-2)9-13-5-3-4-12(13)8-15/h11-14H,3-10,15H2,1-2H3. The molecule has 0 aromatic heterocycles. The highest BCUT2D eigenvalue weighted by Crippen LogP contribution is 2.32. The molecule has 0 radical (unpaired) electrons. The van der Waals surface area contributed by atoms with Gasteiger partial charge in [-0.2, -0.15) is 0 Å². The van der Waals surface area contributed by atoms with E-state index in [0.717, 1.165) is 24.9 Å². The van der Waals surface area contributed by atoms with Crippen molar-refractivity contribution in [3.05, 3.63) is 0 Å². The van der Waals surface area contributed by atoms with Crippen molar-refractivity contribution >= 4 is 0 Å². The molecular weight excluding hydrogens is 212 g/mol. The van der Waals surface area contributed by atoms with Gasteiger partial charge in [0.2, 0.25) is 0 Å². The lowest BCUT2D eigenvalue weighted by atomic mass is 9.92. The number of hydrogen-bond donors (Lipinski definition) is 1. The summed E-state index contributed by atoms with van der Waals surface area (Å²) in [5.41, 5.74) is 5.86. The molecule has 1 saturated heterocycles. The van der Waals surface area contributed by atoms with Gasteiger partial charge in [0.1, 0.15) is 0 Å². The zero-order chi connectivity index (χ0) is 12.3. The topological polar surface area (TPSA) is 38.5 Å². The largest absolute Gasteiger partial charge is 0.380 e. The number of nitrogens with zero attached hydrogens (tertiary/aromatic N) is 1. The van der Waals surface area contributed by atoms with E-state index in [1.165, 1.54) is 38.8 Å². The molecule has 0 bridgehead atoms. The van der Waals surface area contributed by atoms with Crippen LogP contribution in [0.2, 0.25) is 0 Å². The van der Waals surface area contributed by atoms with Crippen molar-refractivity contribution in [2.24, 2.45) is 23.5 Å². The van der Waals surface area contributed by atoms with Gasteiger partial charge in [-0.3, -0.25) is 0 Å². The van der Waals surface area contributed by atoms with Crippen molar-refractivity contribution < 1.29 is 4.74 Å². The minimum atomic E-state index is 0.432. The fourth-order valence-electron chi connectivity index (χ4n) is 3.57. The van der Waals surface area contributed by atoms with Gasteiger partial charge in [0.25, 0.3) is 0 Å². The van der Waals surface area contributed by atoms with Crippen LogP contribution in [0.5, 0.6) is 0 Å². The molecule has 1 heterocycles. The Bertz CT molecular complexity index is 234. The summed E-state index contributed by atoms with van der Waals surface area (Å²) in [5, 5.41) is 0. The summed E-state index contributed by atoms with van der Waals surface area (Å²) < 4.78 is 5.58. The second-order valence-electron chi connectivity index (χ2n) is 5.99. The maximum atomic E-state index is 5.86. The van der Waals surface area contributed by atoms with E-state index in [1.54, 1.807) is 0 Å². The number of rotatable bonds is 4. The second-order valence-corrected chi connectivity index (χ2v) is 5.99. The zero-order valence-electron chi connectivity index (χ0n) is 11.4. The van der Waals surface area contributed by atoms with Crippen LogP contribution in [0.3, 0.4) is 0 Å². The van der Waals surface area contributed by atoms with E-state index >= 15 is 0 Å². The quantitative estimate of drug-likeness (QED) is 0.813. The highest BCUT2D eigenvalue weighted by atomic mass is 16.5. The predicted octanol–water partition coefficient (Wildman–Crippen LogP) is 1.72. The van der Waals surface area contributed by atoms with E-state index in [9.17, 15) is 0 Å². The van der Waals surface area contributed by atoms with Gasteiger partial charge >= 0.3 is 0 Å². The van der Waals surface area contributed by atoms with Crippen LogP contribution in [-0.4, -0.2) is 44.3 Å². The maximum Gasteiger partial charge on any atom is 0.0724 e. The lowest BCUT2D eigenvalue weighted by molar-refractivity contribution is -0.0107. The molecule has 1 saturated carbocycles. The van der Waals surface area contributed by atoms with Crippen molar-refractivity contribution in [2.75, 3.05) is 33.3 Å². The van der Waals surface area contributed by atoms with Crippen LogP contribution in [0.25, 0.3) is 0 Å². The summed E-state index contributed by atoms with van der Waals surface area (Å²) in [6.07, 6.45) is 5.81. The van der Waals surface area contributed by atoms with E-state index in [-0.39, 0.29) is 0 Å². The molecule has 3 heteroatoms. The first-order valence-corrected chi connectivity index (χ1v) is 7.19. The third-order valence-electron chi connectivity index (χ3n) is 4.89. The van der Waals surface area contributed by atoms with Gasteiger partial charge in [0.05, 0.1) is 6.10 Å². The molecule has 4 unspecified atom stereocenters. The van der Waals surface area contributed by atoms with Gasteiger partial charge in [-0.1, -0.05) is 13.3 Å². The van der Waals surface area contributed by atoms with Crippen LogP contribution in [0.15, 0.2) is 0 Å². The Morgan fingerprint density at radius 2 is 2.00 bits per heavy atom. The van der Waals surface area contributed by atoms with Crippen molar-refractivity contribution in [1.82, 2.24) is 4.90 Å². The fraction of sp³-hybridized carbons (Fsp3) is 1.00. The molecule has 1 aliphatic carbocycles. The molecule has 3 nitrogen and oxygen atoms in total. The minimum Gasteiger partial charge on any atom is -0.380 e. The SMILES string of the molecule is COC1CN(CC2CCCC2CN)CCC1C. The summed E-state index contributed by atoms with van der Waals surface area (Å²) in [7, 11) is 1.85. The van der Waals surface area contributed by atoms with E-state index in [2.05, 4.69) is 11.8 Å². The first-order valence-electron chi connectivity index (χ1n) is 7.19. The number of likely N-dealkylation sites (tertiary alicyclic amines) is 1. The summed E-state index contributed by atoms with van der Waals surface area (Å²) >= 11 is 0. The van der Waals surface area contributed by atoms with Crippen LogP contribution in [0, 0.1) is 17.8 Å². The third kappa shape index (κ3) is 3.21. The Kier molecular flexibility index (Phi) is 4.83. The van der Waals surface area contributed by atoms with Gasteiger partial charge in [0, 0.05) is 20.2 Å². The first kappa shape index (κ1) is 13.3. The number of hydrogen-bond acceptors (Lipinski definition) is 3. The van der Waals surface area contributed by atoms with Crippen LogP contribution in [0.4, 0.5) is 0 Å². The Morgan fingerprint density at radius 1 is 1.24 bits per heavy atom. The molecule has 0 amide bonds. The molecule has 2 rings (SSSR count). The summed E-state index contributed by atoms with van der Waals surface area (Å²) in [4.78, 5) is 2.60. The molecular formula is C14H28N2O. The molecule has 0 spiro atoms. The fourth-order valence-corrected chi connectivity index (χ4v) is 3.57. The van der Waals surface area contributed by atoms with Gasteiger partial charge in [0.15, 0.2) is 0 Å². The molecule has 0 aromatic carbocycles. The van der Waals surface area contributed by atoms with Crippen LogP contribution in [0.1, 0.15) is 32.6 Å². The average Bonchev–Trinajstić information content (AvgIpc) is 2.79. The van der Waals surface area contributed by atoms with Gasteiger partial charge < -0.3 is 15.4 Å². The van der Waals surface area contributed by atoms with Crippen molar-refractivity contribution in [3.63, 3.8) is 0 Å². The van der Waals surface area contributed by atoms with Crippen LogP contribution in [-0.2, 0) is 4.74 Å². The minimum absolute atomic E-state index is 0.432. The number of piperidine rings is 1. The summed E-state index contributed by atoms with van der Waals surface area (Å²) in [6.45, 7) is 6.79. The Balaban J connectivity index is 1.82. The number of nitrogens with two attached hydrogens (primary N) is 1. The molecule has 100 valence electrons. The average molecular weight is 240 g/mol. The Morgan fingerprint density at radius 3 is 2.71 bits per heavy atom. The maximum absolute atomic E-state index is 5.86. The second kappa shape index (κ2) is 6.17. The lowest BCUT2D eigenvalue weighted by Gasteiger charge is -2.38. The van der Waals surface area contributed by atoms with Gasteiger partial charge in [-0.25, -0.2) is 0 Å². The molecule has 4 atom stereocenters. The third-order valence-corrected chi connectivity index (χ3v) is 4.89. The lowest BCUT2D eigenvalue weighted by Crippen LogP contribution is -2.46. The van der Waals surface area contributed by atoms with E-state index in [1.807, 2.05) is 7.11 Å². The van der Waals surface area contributed by atoms with Crippen molar-refractivity contribution in [2.45, 2.75) is 38.7 Å². The first-order chi connectivity index (χ1) is 8.24. The zero-order valence-corrected chi connectivity index (χ0v) is 11.4. The van der Waals surface area contributed by atoms with Crippen molar-refractivity contribution in [3.8, 4) is 0 Å². The van der Waals surface area contributed by atoms with Gasteiger partial charge in [-0.05, 0) is 50.1 Å². The predicted molar refractivity (Wildman–Crippen MR) is 70.9 cm³/mol. The van der Waals surface area contributed by atoms with E-state index in [0.29, 0.717) is 12.0 Å². The summed E-state index contributed by atoms with van der Waals surface area (Å²) in [5.74, 6) is 2.33. The van der Waals surface area contributed by atoms with E-state index in [4.69, 9.17) is 10.5 Å². The molecule has 2 fully saturated rings. The molecule has 0 aromatic rings. The smallest absolute Gasteiger partial charge is 0.0724 e. The molecule has 2 N–H and O–H groups in total. The number of methoxy groups -OCH3 is 1.